The van der Waals surface area contributed by atoms with Gasteiger partial charge in [-0.25, -0.2) is 21.9 Å². The molecule has 0 amide bonds. The normalized spacial score (nSPS) is 11.7. The number of ether oxygens (including phenoxy) is 1. The summed E-state index contributed by atoms with van der Waals surface area (Å²) in [6.45, 7) is 1.14. The van der Waals surface area contributed by atoms with E-state index in [4.69, 9.17) is 4.74 Å². The highest BCUT2D eigenvalue weighted by atomic mass is 79.9. The van der Waals surface area contributed by atoms with Crippen LogP contribution in [0.1, 0.15) is 6.42 Å². The van der Waals surface area contributed by atoms with Gasteiger partial charge in [-0.2, -0.15) is 0 Å². The van der Waals surface area contributed by atoms with Gasteiger partial charge in [-0.1, -0.05) is 15.9 Å². The standard InChI is InChI=1S/C11H14BrF2NO3S/c12-4-7-18-6-1-5-15-19(16,17)9-2-3-10(13)11(14)8-9/h2-3,8,15H,1,4-7H2. The SMILES string of the molecule is O=S(=O)(NCCCOCCBr)c1ccc(F)c(F)c1. The summed E-state index contributed by atoms with van der Waals surface area (Å²) < 4.78 is 56.6. The van der Waals surface area contributed by atoms with Crippen LogP contribution in [0.25, 0.3) is 0 Å². The second-order valence-corrected chi connectivity index (χ2v) is 6.19. The van der Waals surface area contributed by atoms with Gasteiger partial charge in [-0.15, -0.1) is 0 Å². The van der Waals surface area contributed by atoms with Crippen LogP contribution in [0.4, 0.5) is 8.78 Å². The Bertz CT molecular complexity index is 511. The van der Waals surface area contributed by atoms with Crippen molar-refractivity contribution in [3.8, 4) is 0 Å². The summed E-state index contributed by atoms with van der Waals surface area (Å²) in [4.78, 5) is -0.298. The smallest absolute Gasteiger partial charge is 0.240 e. The zero-order chi connectivity index (χ0) is 14.3. The number of halogens is 3. The van der Waals surface area contributed by atoms with Gasteiger partial charge in [0, 0.05) is 18.5 Å². The van der Waals surface area contributed by atoms with Crippen molar-refractivity contribution in [2.24, 2.45) is 0 Å². The van der Waals surface area contributed by atoms with E-state index in [9.17, 15) is 17.2 Å². The van der Waals surface area contributed by atoms with Crippen molar-refractivity contribution >= 4 is 26.0 Å². The van der Waals surface area contributed by atoms with Crippen LogP contribution in [-0.2, 0) is 14.8 Å². The topological polar surface area (TPSA) is 55.4 Å². The number of hydrogen-bond acceptors (Lipinski definition) is 3. The van der Waals surface area contributed by atoms with Gasteiger partial charge in [0.2, 0.25) is 10.0 Å². The van der Waals surface area contributed by atoms with Gasteiger partial charge in [0.05, 0.1) is 11.5 Å². The molecule has 0 radical (unpaired) electrons. The zero-order valence-corrected chi connectivity index (χ0v) is 12.4. The lowest BCUT2D eigenvalue weighted by molar-refractivity contribution is 0.149. The Morgan fingerprint density at radius 2 is 1.95 bits per heavy atom. The van der Waals surface area contributed by atoms with Crippen molar-refractivity contribution in [3.05, 3.63) is 29.8 Å². The number of rotatable bonds is 8. The van der Waals surface area contributed by atoms with Crippen LogP contribution in [0.2, 0.25) is 0 Å². The van der Waals surface area contributed by atoms with Gasteiger partial charge < -0.3 is 4.74 Å². The Morgan fingerprint density at radius 3 is 2.58 bits per heavy atom. The van der Waals surface area contributed by atoms with Crippen LogP contribution in [0.3, 0.4) is 0 Å². The Labute approximate surface area is 119 Å². The minimum Gasteiger partial charge on any atom is -0.381 e. The van der Waals surface area contributed by atoms with Gasteiger partial charge in [0.1, 0.15) is 0 Å². The summed E-state index contributed by atoms with van der Waals surface area (Å²) in [7, 11) is -3.81. The van der Waals surface area contributed by atoms with Crippen LogP contribution in [-0.4, -0.2) is 33.5 Å². The van der Waals surface area contributed by atoms with Crippen molar-refractivity contribution in [2.75, 3.05) is 25.1 Å². The molecule has 108 valence electrons. The maximum Gasteiger partial charge on any atom is 0.240 e. The molecule has 0 saturated heterocycles. The monoisotopic (exact) mass is 357 g/mol. The van der Waals surface area contributed by atoms with Gasteiger partial charge >= 0.3 is 0 Å². The first-order chi connectivity index (χ1) is 8.97. The molecule has 0 saturated carbocycles. The van der Waals surface area contributed by atoms with Crippen molar-refractivity contribution in [3.63, 3.8) is 0 Å². The molecule has 0 fully saturated rings. The predicted octanol–water partition coefficient (Wildman–Crippen LogP) is 2.04. The minimum atomic E-state index is -3.81. The Kier molecular flexibility index (Phi) is 6.84. The molecule has 8 heteroatoms. The van der Waals surface area contributed by atoms with E-state index < -0.39 is 21.7 Å². The molecule has 0 spiro atoms. The lowest BCUT2D eigenvalue weighted by atomic mass is 10.3. The van der Waals surface area contributed by atoms with E-state index in [1.165, 1.54) is 0 Å². The van der Waals surface area contributed by atoms with Crippen LogP contribution in [0, 0.1) is 11.6 Å². The van der Waals surface area contributed by atoms with E-state index in [0.717, 1.165) is 12.1 Å². The van der Waals surface area contributed by atoms with E-state index in [0.29, 0.717) is 31.0 Å². The predicted molar refractivity (Wildman–Crippen MR) is 70.8 cm³/mol. The first kappa shape index (κ1) is 16.5. The molecule has 1 rings (SSSR count). The average molecular weight is 358 g/mol. The maximum absolute atomic E-state index is 12.9. The molecule has 1 aromatic rings. The highest BCUT2D eigenvalue weighted by molar-refractivity contribution is 9.09. The minimum absolute atomic E-state index is 0.170. The molecule has 0 unspecified atom stereocenters. The second kappa shape index (κ2) is 7.88. The summed E-state index contributed by atoms with van der Waals surface area (Å²) in [5.74, 6) is -2.27. The summed E-state index contributed by atoms with van der Waals surface area (Å²) in [5.41, 5.74) is 0. The Hall–Kier alpha value is -0.570. The van der Waals surface area contributed by atoms with Gasteiger partial charge in [-0.05, 0) is 24.6 Å². The Morgan fingerprint density at radius 1 is 1.21 bits per heavy atom. The Balaban J connectivity index is 2.49. The van der Waals surface area contributed by atoms with E-state index in [1.54, 1.807) is 0 Å². The third kappa shape index (κ3) is 5.52. The number of benzene rings is 1. The molecule has 0 heterocycles. The zero-order valence-electron chi connectivity index (χ0n) is 10.0. The third-order valence-electron chi connectivity index (χ3n) is 2.18. The number of alkyl halides is 1. The van der Waals surface area contributed by atoms with Gasteiger partial charge in [-0.3, -0.25) is 0 Å². The first-order valence-electron chi connectivity index (χ1n) is 5.56. The largest absolute Gasteiger partial charge is 0.381 e. The molecule has 19 heavy (non-hydrogen) atoms. The lowest BCUT2D eigenvalue weighted by Gasteiger charge is -2.07. The maximum atomic E-state index is 12.9. The van der Waals surface area contributed by atoms with Gasteiger partial charge in [0.25, 0.3) is 0 Å². The molecule has 1 N–H and O–H groups in total. The molecule has 0 aromatic heterocycles. The van der Waals surface area contributed by atoms with Gasteiger partial charge in [0.15, 0.2) is 11.6 Å². The molecule has 4 nitrogen and oxygen atoms in total. The molecule has 1 aromatic carbocycles. The molecular formula is C11H14BrF2NO3S. The summed E-state index contributed by atoms with van der Waals surface area (Å²) in [6, 6.07) is 2.45. The molecule has 0 aliphatic rings. The molecule has 0 atom stereocenters. The number of nitrogens with one attached hydrogen (secondary N) is 1. The first-order valence-corrected chi connectivity index (χ1v) is 8.16. The van der Waals surface area contributed by atoms with Crippen LogP contribution < -0.4 is 4.72 Å². The summed E-state index contributed by atoms with van der Waals surface area (Å²) in [6.07, 6.45) is 0.496. The molecule has 0 bridgehead atoms. The van der Waals surface area contributed by atoms with E-state index in [1.807, 2.05) is 0 Å². The second-order valence-electron chi connectivity index (χ2n) is 3.63. The fraction of sp³-hybridized carbons (Fsp3) is 0.455. The average Bonchev–Trinajstić information content (AvgIpc) is 2.36. The molecular weight excluding hydrogens is 344 g/mol. The number of hydrogen-bond donors (Lipinski definition) is 1. The highest BCUT2D eigenvalue weighted by Gasteiger charge is 2.15. The summed E-state index contributed by atoms with van der Waals surface area (Å²) in [5, 5.41) is 0.716. The fourth-order valence-corrected chi connectivity index (χ4v) is 2.58. The lowest BCUT2D eigenvalue weighted by Crippen LogP contribution is -2.25. The van der Waals surface area contributed by atoms with Crippen LogP contribution >= 0.6 is 15.9 Å². The third-order valence-corrected chi connectivity index (χ3v) is 3.96. The number of sulfonamides is 1. The van der Waals surface area contributed by atoms with Crippen molar-refractivity contribution in [1.82, 2.24) is 4.72 Å². The highest BCUT2D eigenvalue weighted by Crippen LogP contribution is 2.13. The van der Waals surface area contributed by atoms with E-state index in [2.05, 4.69) is 20.7 Å². The molecule has 0 aliphatic heterocycles. The van der Waals surface area contributed by atoms with Crippen molar-refractivity contribution < 1.29 is 21.9 Å². The van der Waals surface area contributed by atoms with Crippen LogP contribution in [0.5, 0.6) is 0 Å². The van der Waals surface area contributed by atoms with E-state index in [-0.39, 0.29) is 11.4 Å². The quantitative estimate of drug-likeness (QED) is 0.572. The van der Waals surface area contributed by atoms with Crippen LogP contribution in [0.15, 0.2) is 23.1 Å². The van der Waals surface area contributed by atoms with E-state index >= 15 is 0 Å². The fourth-order valence-electron chi connectivity index (χ4n) is 1.26. The molecule has 0 aliphatic carbocycles. The summed E-state index contributed by atoms with van der Waals surface area (Å²) >= 11 is 3.19. The van der Waals surface area contributed by atoms with Crippen molar-refractivity contribution in [2.45, 2.75) is 11.3 Å². The van der Waals surface area contributed by atoms with Crippen molar-refractivity contribution in [1.29, 1.82) is 0 Å².